The maximum Gasteiger partial charge on any atom is 0.260 e. The molecule has 5 rings (SSSR count). The highest BCUT2D eigenvalue weighted by Crippen LogP contribution is 2.44. The summed E-state index contributed by atoms with van der Waals surface area (Å²) in [6.45, 7) is 3.85. The van der Waals surface area contributed by atoms with Crippen LogP contribution in [0.15, 0.2) is 84.6 Å². The zero-order chi connectivity index (χ0) is 22.5. The third-order valence-electron chi connectivity index (χ3n) is 5.76. The Labute approximate surface area is 185 Å². The van der Waals surface area contributed by atoms with Gasteiger partial charge in [-0.25, -0.2) is 4.39 Å². The monoisotopic (exact) mass is 425 g/mol. The summed E-state index contributed by atoms with van der Waals surface area (Å²) >= 11 is 0. The topological polar surface area (TPSA) is 55.4 Å². The molecule has 1 amide bonds. The molecule has 0 saturated heterocycles. The van der Waals surface area contributed by atoms with Crippen LogP contribution in [0.1, 0.15) is 40.9 Å². The minimum Gasteiger partial charge on any atom is -0.482 e. The third-order valence-corrected chi connectivity index (χ3v) is 5.76. The molecule has 2 heterocycles. The predicted molar refractivity (Wildman–Crippen MR) is 121 cm³/mol. The van der Waals surface area contributed by atoms with Crippen LogP contribution in [-0.2, 0) is 9.53 Å². The lowest BCUT2D eigenvalue weighted by molar-refractivity contribution is -0.111. The number of ether oxygens (including phenoxy) is 1. The number of nitrogens with one attached hydrogen (secondary N) is 1. The lowest BCUT2D eigenvalue weighted by atomic mass is 9.91. The van der Waals surface area contributed by atoms with Crippen molar-refractivity contribution < 1.29 is 18.7 Å². The molecule has 158 valence electrons. The summed E-state index contributed by atoms with van der Waals surface area (Å²) in [4.78, 5) is 25.3. The number of allylic oxidation sites excluding steroid dienone is 1. The number of ketones is 1. The van der Waals surface area contributed by atoms with Crippen molar-refractivity contribution in [2.24, 2.45) is 0 Å². The van der Waals surface area contributed by atoms with Gasteiger partial charge >= 0.3 is 0 Å². The number of hydrogen-bond acceptors (Lipinski definition) is 3. The van der Waals surface area contributed by atoms with Gasteiger partial charge in [-0.15, -0.1) is 0 Å². The van der Waals surface area contributed by atoms with Gasteiger partial charge in [0, 0.05) is 22.3 Å². The quantitative estimate of drug-likeness (QED) is 0.438. The number of hydrogen-bond donors (Lipinski definition) is 1. The highest BCUT2D eigenvalue weighted by Gasteiger charge is 2.38. The molecule has 0 unspecified atom stereocenters. The van der Waals surface area contributed by atoms with E-state index < -0.39 is 11.4 Å². The van der Waals surface area contributed by atoms with Gasteiger partial charge in [0.25, 0.3) is 5.91 Å². The van der Waals surface area contributed by atoms with E-state index in [1.54, 1.807) is 30.3 Å². The van der Waals surface area contributed by atoms with E-state index in [0.717, 1.165) is 11.1 Å². The first kappa shape index (κ1) is 19.9. The molecule has 0 spiro atoms. The molecule has 1 N–H and O–H groups in total. The van der Waals surface area contributed by atoms with E-state index in [2.05, 4.69) is 5.32 Å². The lowest BCUT2D eigenvalue weighted by Gasteiger charge is -2.23. The van der Waals surface area contributed by atoms with E-state index in [9.17, 15) is 14.0 Å². The standard InChI is InChI=1S/C27H20FNO3/c1-27(2)21(16-8-10-18(11-9-16)25(30)17-6-4-3-5-7-17)15-23(32-27)24-20-13-12-19(28)14-22(20)29-26(24)31/h3-15H,1-2H3,(H,29,31). The molecule has 0 radical (unpaired) electrons. The Kier molecular flexibility index (Phi) is 4.55. The first-order chi connectivity index (χ1) is 15.3. The number of halogens is 1. The van der Waals surface area contributed by atoms with E-state index in [1.807, 2.05) is 50.3 Å². The van der Waals surface area contributed by atoms with Crippen LogP contribution in [0.3, 0.4) is 0 Å². The van der Waals surface area contributed by atoms with Crippen molar-refractivity contribution in [3.05, 3.63) is 113 Å². The van der Waals surface area contributed by atoms with Gasteiger partial charge in [-0.1, -0.05) is 54.6 Å². The normalized spacial score (nSPS) is 18.6. The van der Waals surface area contributed by atoms with E-state index in [0.29, 0.717) is 33.7 Å². The van der Waals surface area contributed by atoms with Gasteiger partial charge in [0.05, 0.1) is 11.3 Å². The molecular formula is C27H20FNO3. The van der Waals surface area contributed by atoms with E-state index in [4.69, 9.17) is 4.74 Å². The molecule has 4 nitrogen and oxygen atoms in total. The van der Waals surface area contributed by atoms with Crippen LogP contribution < -0.4 is 5.32 Å². The predicted octanol–water partition coefficient (Wildman–Crippen LogP) is 5.61. The van der Waals surface area contributed by atoms with Crippen LogP contribution in [-0.4, -0.2) is 17.3 Å². The fraction of sp³-hybridized carbons (Fsp3) is 0.111. The van der Waals surface area contributed by atoms with Crippen molar-refractivity contribution in [3.63, 3.8) is 0 Å². The Balaban J connectivity index is 1.52. The highest BCUT2D eigenvalue weighted by molar-refractivity contribution is 6.32. The lowest BCUT2D eigenvalue weighted by Crippen LogP contribution is -2.21. The number of rotatable bonds is 3. The molecule has 3 aromatic rings. The Bertz CT molecular complexity index is 1320. The summed E-state index contributed by atoms with van der Waals surface area (Å²) in [5.41, 5.74) is 3.78. The summed E-state index contributed by atoms with van der Waals surface area (Å²) in [5.74, 6) is -0.332. The Morgan fingerprint density at radius 2 is 1.62 bits per heavy atom. The van der Waals surface area contributed by atoms with Gasteiger partial charge in [0.2, 0.25) is 0 Å². The summed E-state index contributed by atoms with van der Waals surface area (Å²) in [7, 11) is 0. The van der Waals surface area contributed by atoms with Crippen LogP contribution in [0.25, 0.3) is 11.1 Å². The van der Waals surface area contributed by atoms with Gasteiger partial charge in [-0.2, -0.15) is 0 Å². The average Bonchev–Trinajstić information content (AvgIpc) is 3.28. The van der Waals surface area contributed by atoms with Crippen LogP contribution in [0.5, 0.6) is 0 Å². The highest BCUT2D eigenvalue weighted by atomic mass is 19.1. The second-order valence-corrected chi connectivity index (χ2v) is 8.33. The fourth-order valence-electron chi connectivity index (χ4n) is 4.17. The molecule has 32 heavy (non-hydrogen) atoms. The van der Waals surface area contributed by atoms with Crippen molar-refractivity contribution in [2.75, 3.05) is 5.32 Å². The number of carbonyl (C=O) groups excluding carboxylic acids is 2. The van der Waals surface area contributed by atoms with Crippen molar-refractivity contribution in [3.8, 4) is 0 Å². The maximum atomic E-state index is 13.6. The van der Waals surface area contributed by atoms with E-state index >= 15 is 0 Å². The molecule has 0 atom stereocenters. The van der Waals surface area contributed by atoms with Crippen LogP contribution in [0, 0.1) is 5.82 Å². The largest absolute Gasteiger partial charge is 0.482 e. The molecular weight excluding hydrogens is 405 g/mol. The zero-order valence-corrected chi connectivity index (χ0v) is 17.6. The van der Waals surface area contributed by atoms with Gasteiger partial charge in [0.1, 0.15) is 17.2 Å². The molecule has 0 aliphatic carbocycles. The minimum absolute atomic E-state index is 0.0395. The molecule has 5 heteroatoms. The number of carbonyl (C=O) groups is 2. The summed E-state index contributed by atoms with van der Waals surface area (Å²) < 4.78 is 19.7. The van der Waals surface area contributed by atoms with Gasteiger partial charge in [0.15, 0.2) is 5.78 Å². The Morgan fingerprint density at radius 1 is 0.938 bits per heavy atom. The second-order valence-electron chi connectivity index (χ2n) is 8.33. The first-order valence-corrected chi connectivity index (χ1v) is 10.3. The summed E-state index contributed by atoms with van der Waals surface area (Å²) in [5, 5.41) is 2.70. The molecule has 0 saturated carbocycles. The van der Waals surface area contributed by atoms with Crippen molar-refractivity contribution >= 4 is 28.5 Å². The number of amides is 1. The second kappa shape index (κ2) is 7.31. The van der Waals surface area contributed by atoms with Gasteiger partial charge in [-0.05, 0) is 43.7 Å². The number of anilines is 1. The van der Waals surface area contributed by atoms with Gasteiger partial charge in [-0.3, -0.25) is 9.59 Å². The van der Waals surface area contributed by atoms with Crippen LogP contribution >= 0.6 is 0 Å². The molecule has 2 aliphatic heterocycles. The number of fused-ring (bicyclic) bond motifs is 1. The van der Waals surface area contributed by atoms with Crippen LogP contribution in [0.4, 0.5) is 10.1 Å². The number of benzene rings is 3. The molecule has 0 aromatic heterocycles. The summed E-state index contributed by atoms with van der Waals surface area (Å²) in [6.07, 6.45) is 1.85. The fourth-order valence-corrected chi connectivity index (χ4v) is 4.17. The Morgan fingerprint density at radius 3 is 2.34 bits per heavy atom. The third kappa shape index (κ3) is 3.32. The Hall–Kier alpha value is -3.99. The molecule has 2 aliphatic rings. The van der Waals surface area contributed by atoms with E-state index in [-0.39, 0.29) is 11.7 Å². The maximum absolute atomic E-state index is 13.6. The van der Waals surface area contributed by atoms with Crippen molar-refractivity contribution in [1.29, 1.82) is 0 Å². The van der Waals surface area contributed by atoms with Gasteiger partial charge < -0.3 is 10.1 Å². The SMILES string of the molecule is CC1(C)OC(=C2C(=O)Nc3cc(F)ccc32)C=C1c1ccc(C(=O)c2ccccc2)cc1. The molecule has 0 bridgehead atoms. The van der Waals surface area contributed by atoms with E-state index in [1.165, 1.54) is 12.1 Å². The molecule has 3 aromatic carbocycles. The van der Waals surface area contributed by atoms with Crippen LogP contribution in [0.2, 0.25) is 0 Å². The first-order valence-electron chi connectivity index (χ1n) is 10.3. The van der Waals surface area contributed by atoms with Crippen molar-refractivity contribution in [2.45, 2.75) is 19.4 Å². The summed E-state index contributed by atoms with van der Waals surface area (Å²) in [6, 6.07) is 20.7. The molecule has 0 fully saturated rings. The average molecular weight is 425 g/mol. The smallest absolute Gasteiger partial charge is 0.260 e. The van der Waals surface area contributed by atoms with Crippen molar-refractivity contribution in [1.82, 2.24) is 0 Å². The minimum atomic E-state index is -0.684. The zero-order valence-electron chi connectivity index (χ0n) is 17.6.